The minimum absolute atomic E-state index is 0.0359. The molecule has 0 fully saturated rings. The fourth-order valence-electron chi connectivity index (χ4n) is 3.66. The van der Waals surface area contributed by atoms with Gasteiger partial charge in [-0.05, 0) is 37.1 Å². The van der Waals surface area contributed by atoms with Crippen molar-refractivity contribution < 1.29 is 27.5 Å². The van der Waals surface area contributed by atoms with Crippen LogP contribution in [0.25, 0.3) is 0 Å². The van der Waals surface area contributed by atoms with E-state index in [-0.39, 0.29) is 30.7 Å². The maximum Gasteiger partial charge on any atom is 0.244 e. The monoisotopic (exact) mass is 509 g/mol. The second-order valence-electron chi connectivity index (χ2n) is 7.60. The van der Waals surface area contributed by atoms with Gasteiger partial charge in [-0.1, -0.05) is 36.7 Å². The van der Waals surface area contributed by atoms with Crippen molar-refractivity contribution in [3.8, 4) is 11.5 Å². The van der Waals surface area contributed by atoms with E-state index in [1.165, 1.54) is 24.9 Å². The number of anilines is 1. The molecule has 9 nitrogen and oxygen atoms in total. The Labute approximate surface area is 204 Å². The number of amides is 2. The van der Waals surface area contributed by atoms with E-state index in [0.29, 0.717) is 28.5 Å². The Morgan fingerprint density at radius 1 is 1.12 bits per heavy atom. The van der Waals surface area contributed by atoms with E-state index < -0.39 is 28.5 Å². The summed E-state index contributed by atoms with van der Waals surface area (Å²) in [6.07, 6.45) is 0.334. The Kier molecular flexibility index (Phi) is 8.27. The molecule has 0 bridgehead atoms. The highest BCUT2D eigenvalue weighted by Gasteiger charge is 2.33. The highest BCUT2D eigenvalue weighted by molar-refractivity contribution is 7.92. The van der Waals surface area contributed by atoms with E-state index in [2.05, 4.69) is 5.32 Å². The van der Waals surface area contributed by atoms with Gasteiger partial charge in [-0.3, -0.25) is 13.9 Å². The van der Waals surface area contributed by atoms with Crippen LogP contribution in [-0.2, 0) is 26.2 Å². The quantitative estimate of drug-likeness (QED) is 0.528. The molecule has 1 aliphatic heterocycles. The number of sulfonamides is 1. The van der Waals surface area contributed by atoms with Gasteiger partial charge in [0.25, 0.3) is 0 Å². The number of fused-ring (bicyclic) bond motifs is 1. The topological polar surface area (TPSA) is 105 Å². The fraction of sp³-hybridized carbons (Fsp3) is 0.391. The number of hydrogen-bond donors (Lipinski definition) is 1. The summed E-state index contributed by atoms with van der Waals surface area (Å²) in [5.74, 6) is -0.215. The molecule has 2 amide bonds. The van der Waals surface area contributed by atoms with Gasteiger partial charge in [0.15, 0.2) is 11.5 Å². The molecule has 0 radical (unpaired) electrons. The molecule has 0 saturated carbocycles. The maximum atomic E-state index is 13.6. The molecule has 2 aromatic carbocycles. The van der Waals surface area contributed by atoms with Crippen LogP contribution in [0.5, 0.6) is 11.5 Å². The van der Waals surface area contributed by atoms with Crippen LogP contribution in [-0.4, -0.2) is 57.3 Å². The van der Waals surface area contributed by atoms with Gasteiger partial charge in [0, 0.05) is 24.7 Å². The molecule has 0 aliphatic carbocycles. The smallest absolute Gasteiger partial charge is 0.244 e. The highest BCUT2D eigenvalue weighted by atomic mass is 35.5. The molecule has 0 saturated heterocycles. The average Bonchev–Trinajstić information content (AvgIpc) is 3.31. The van der Waals surface area contributed by atoms with Gasteiger partial charge in [0.1, 0.15) is 12.6 Å². The summed E-state index contributed by atoms with van der Waals surface area (Å²) in [4.78, 5) is 27.6. The number of halogens is 1. The van der Waals surface area contributed by atoms with Gasteiger partial charge in [0.2, 0.25) is 28.6 Å². The second-order valence-corrected chi connectivity index (χ2v) is 10.2. The zero-order valence-corrected chi connectivity index (χ0v) is 20.9. The number of rotatable bonds is 10. The number of likely N-dealkylation sites (N-methyl/N-ethyl adjacent to an activating group) is 1. The number of benzene rings is 2. The Hall–Kier alpha value is -2.98. The Morgan fingerprint density at radius 2 is 1.82 bits per heavy atom. The number of carbonyl (C=O) groups is 2. The normalized spacial score (nSPS) is 13.3. The molecule has 0 aromatic heterocycles. The molecule has 3 rings (SSSR count). The summed E-state index contributed by atoms with van der Waals surface area (Å²) in [6, 6.07) is 10.9. The average molecular weight is 510 g/mol. The first kappa shape index (κ1) is 25.6. The minimum atomic E-state index is -3.84. The van der Waals surface area contributed by atoms with Crippen molar-refractivity contribution in [1.82, 2.24) is 10.2 Å². The first-order chi connectivity index (χ1) is 16.2. The molecule has 0 spiro atoms. The number of nitrogens with one attached hydrogen (secondary N) is 1. The third kappa shape index (κ3) is 5.56. The van der Waals surface area contributed by atoms with Crippen molar-refractivity contribution in [1.29, 1.82) is 0 Å². The predicted molar refractivity (Wildman–Crippen MR) is 130 cm³/mol. The van der Waals surface area contributed by atoms with Crippen LogP contribution in [0.1, 0.15) is 25.8 Å². The fourth-order valence-corrected chi connectivity index (χ4v) is 4.91. The maximum absolute atomic E-state index is 13.6. The summed E-state index contributed by atoms with van der Waals surface area (Å²) in [7, 11) is -2.35. The van der Waals surface area contributed by atoms with Crippen LogP contribution >= 0.6 is 11.6 Å². The summed E-state index contributed by atoms with van der Waals surface area (Å²) in [5.41, 5.74) is 0.915. The zero-order chi connectivity index (χ0) is 24.9. The first-order valence-corrected chi connectivity index (χ1v) is 12.8. The number of hydrogen-bond acceptors (Lipinski definition) is 6. The third-order valence-electron chi connectivity index (χ3n) is 5.55. The molecule has 184 valence electrons. The molecular weight excluding hydrogens is 482 g/mol. The van der Waals surface area contributed by atoms with Crippen LogP contribution in [0.2, 0.25) is 5.02 Å². The van der Waals surface area contributed by atoms with Crippen molar-refractivity contribution in [3.63, 3.8) is 0 Å². The van der Waals surface area contributed by atoms with E-state index in [1.54, 1.807) is 43.3 Å². The lowest BCUT2D eigenvalue weighted by atomic mass is 10.1. The van der Waals surface area contributed by atoms with Crippen LogP contribution in [0.4, 0.5) is 5.69 Å². The summed E-state index contributed by atoms with van der Waals surface area (Å²) < 4.78 is 37.7. The Morgan fingerprint density at radius 3 is 2.47 bits per heavy atom. The van der Waals surface area contributed by atoms with Crippen LogP contribution in [0.15, 0.2) is 42.5 Å². The van der Waals surface area contributed by atoms with Gasteiger partial charge in [-0.25, -0.2) is 8.42 Å². The largest absolute Gasteiger partial charge is 0.454 e. The Balaban J connectivity index is 1.98. The standard InChI is InChI=1S/C23H28ClN3O6S/c1-4-19(23(29)25-3)26(13-16-8-6-7-9-18(16)24)22(28)14-27(34(30,31)5-2)17-10-11-20-21(12-17)33-15-32-20/h6-12,19H,4-5,13-15H2,1-3H3,(H,25,29)/t19-/m0/s1. The second kappa shape index (κ2) is 11.0. The lowest BCUT2D eigenvalue weighted by molar-refractivity contribution is -0.140. The van der Waals surface area contributed by atoms with Crippen molar-refractivity contribution >= 4 is 39.1 Å². The van der Waals surface area contributed by atoms with Crippen molar-refractivity contribution in [2.24, 2.45) is 0 Å². The van der Waals surface area contributed by atoms with E-state index in [9.17, 15) is 18.0 Å². The van der Waals surface area contributed by atoms with Gasteiger partial charge < -0.3 is 19.7 Å². The molecular formula is C23H28ClN3O6S. The van der Waals surface area contributed by atoms with E-state index in [1.807, 2.05) is 0 Å². The van der Waals surface area contributed by atoms with Gasteiger partial charge in [-0.2, -0.15) is 0 Å². The van der Waals surface area contributed by atoms with Crippen molar-refractivity contribution in [2.75, 3.05) is 30.4 Å². The lowest BCUT2D eigenvalue weighted by Crippen LogP contribution is -2.52. The summed E-state index contributed by atoms with van der Waals surface area (Å²) in [6.45, 7) is 2.87. The molecule has 11 heteroatoms. The number of ether oxygens (including phenoxy) is 2. The Bertz CT molecular complexity index is 1160. The highest BCUT2D eigenvalue weighted by Crippen LogP contribution is 2.36. The molecule has 1 N–H and O–H groups in total. The predicted octanol–water partition coefficient (Wildman–Crippen LogP) is 2.78. The molecule has 0 unspecified atom stereocenters. The first-order valence-electron chi connectivity index (χ1n) is 10.9. The van der Waals surface area contributed by atoms with Gasteiger partial charge in [-0.15, -0.1) is 0 Å². The zero-order valence-electron chi connectivity index (χ0n) is 19.3. The van der Waals surface area contributed by atoms with E-state index in [0.717, 1.165) is 4.31 Å². The summed E-state index contributed by atoms with van der Waals surface area (Å²) in [5, 5.41) is 3.02. The van der Waals surface area contributed by atoms with Gasteiger partial charge >= 0.3 is 0 Å². The van der Waals surface area contributed by atoms with Crippen LogP contribution in [0.3, 0.4) is 0 Å². The summed E-state index contributed by atoms with van der Waals surface area (Å²) >= 11 is 6.31. The molecule has 1 aliphatic rings. The third-order valence-corrected chi connectivity index (χ3v) is 7.66. The van der Waals surface area contributed by atoms with E-state index in [4.69, 9.17) is 21.1 Å². The minimum Gasteiger partial charge on any atom is -0.454 e. The lowest BCUT2D eigenvalue weighted by Gasteiger charge is -2.33. The SMILES string of the molecule is CC[C@@H](C(=O)NC)N(Cc1ccccc1Cl)C(=O)CN(c1ccc2c(c1)OCO2)S(=O)(=O)CC. The van der Waals surface area contributed by atoms with Crippen LogP contribution < -0.4 is 19.1 Å². The number of carbonyl (C=O) groups excluding carboxylic acids is 2. The van der Waals surface area contributed by atoms with Gasteiger partial charge in [0.05, 0.1) is 11.4 Å². The number of nitrogens with zero attached hydrogens (tertiary/aromatic N) is 2. The molecule has 1 heterocycles. The molecule has 1 atom stereocenters. The van der Waals surface area contributed by atoms with Crippen molar-refractivity contribution in [2.45, 2.75) is 32.9 Å². The van der Waals surface area contributed by atoms with Crippen LogP contribution in [0, 0.1) is 0 Å². The van der Waals surface area contributed by atoms with Crippen molar-refractivity contribution in [3.05, 3.63) is 53.1 Å². The molecule has 34 heavy (non-hydrogen) atoms. The van der Waals surface area contributed by atoms with E-state index >= 15 is 0 Å². The molecule has 2 aromatic rings.